The molecule has 1 aromatic carbocycles. The molecule has 0 atom stereocenters. The summed E-state index contributed by atoms with van der Waals surface area (Å²) in [4.78, 5) is 16.7. The van der Waals surface area contributed by atoms with Crippen molar-refractivity contribution < 1.29 is 4.74 Å². The molecule has 2 aromatic rings. The van der Waals surface area contributed by atoms with Crippen LogP contribution in [0.3, 0.4) is 0 Å². The number of allylic oxidation sites excluding steroid dienone is 1. The van der Waals surface area contributed by atoms with Crippen LogP contribution in [-0.2, 0) is 5.54 Å². The minimum atomic E-state index is -0.552. The van der Waals surface area contributed by atoms with Gasteiger partial charge in [0.15, 0.2) is 0 Å². The zero-order valence-corrected chi connectivity index (χ0v) is 9.73. The van der Waals surface area contributed by atoms with Crippen molar-refractivity contribution in [3.63, 3.8) is 0 Å². The van der Waals surface area contributed by atoms with Crippen molar-refractivity contribution in [2.24, 2.45) is 0 Å². The highest BCUT2D eigenvalue weighted by molar-refractivity contribution is 5.78. The van der Waals surface area contributed by atoms with E-state index in [2.05, 4.69) is 11.6 Å². The van der Waals surface area contributed by atoms with E-state index in [1.807, 2.05) is 26.0 Å². The highest BCUT2D eigenvalue weighted by atomic mass is 16.5. The van der Waals surface area contributed by atoms with Crippen LogP contribution in [0.15, 0.2) is 41.4 Å². The summed E-state index contributed by atoms with van der Waals surface area (Å²) in [6, 6.07) is 7.57. The van der Waals surface area contributed by atoms with Crippen molar-refractivity contribution in [2.75, 3.05) is 0 Å². The van der Waals surface area contributed by atoms with Crippen LogP contribution >= 0.6 is 0 Å². The molecule has 2 heterocycles. The Labute approximate surface area is 98.2 Å². The average molecular weight is 228 g/mol. The van der Waals surface area contributed by atoms with Gasteiger partial charge in [0.2, 0.25) is 0 Å². The maximum Gasteiger partial charge on any atom is 0.305 e. The van der Waals surface area contributed by atoms with Gasteiger partial charge >= 0.3 is 6.01 Å². The summed E-state index contributed by atoms with van der Waals surface area (Å²) in [7, 11) is 0. The first-order valence-electron chi connectivity index (χ1n) is 5.41. The molecule has 0 fully saturated rings. The summed E-state index contributed by atoms with van der Waals surface area (Å²) < 4.78 is 7.02. The molecule has 0 unspecified atom stereocenters. The first-order chi connectivity index (χ1) is 8.01. The Morgan fingerprint density at radius 2 is 2.06 bits per heavy atom. The maximum absolute atomic E-state index is 12.4. The van der Waals surface area contributed by atoms with E-state index >= 15 is 0 Å². The van der Waals surface area contributed by atoms with Crippen molar-refractivity contribution in [3.05, 3.63) is 47.0 Å². The quantitative estimate of drug-likeness (QED) is 0.693. The number of nitrogens with zero attached hydrogens (tertiary/aromatic N) is 2. The molecular formula is C13H12N2O2. The minimum Gasteiger partial charge on any atom is -0.428 e. The molecule has 0 saturated heterocycles. The number of rotatable bonds is 0. The molecule has 0 saturated carbocycles. The molecule has 0 bridgehead atoms. The highest BCUT2D eigenvalue weighted by Gasteiger charge is 2.38. The van der Waals surface area contributed by atoms with Gasteiger partial charge in [0.1, 0.15) is 11.3 Å². The summed E-state index contributed by atoms with van der Waals surface area (Å²) in [5, 5.41) is 0.600. The molecule has 0 amide bonds. The molecule has 0 radical (unpaired) electrons. The van der Waals surface area contributed by atoms with E-state index in [9.17, 15) is 4.79 Å². The molecule has 1 aromatic heterocycles. The van der Waals surface area contributed by atoms with Gasteiger partial charge in [-0.2, -0.15) is 4.98 Å². The second kappa shape index (κ2) is 2.97. The number of ether oxygens (including phenoxy) is 1. The van der Waals surface area contributed by atoms with Gasteiger partial charge in [-0.3, -0.25) is 4.79 Å². The lowest BCUT2D eigenvalue weighted by atomic mass is 10.0. The van der Waals surface area contributed by atoms with Gasteiger partial charge in [-0.25, -0.2) is 4.57 Å². The van der Waals surface area contributed by atoms with E-state index in [1.165, 1.54) is 0 Å². The minimum absolute atomic E-state index is 0.0887. The summed E-state index contributed by atoms with van der Waals surface area (Å²) in [6.45, 7) is 7.62. The second-order valence-corrected chi connectivity index (χ2v) is 4.64. The van der Waals surface area contributed by atoms with Crippen LogP contribution in [0.25, 0.3) is 10.9 Å². The fourth-order valence-corrected chi connectivity index (χ4v) is 2.03. The lowest BCUT2D eigenvalue weighted by Crippen LogP contribution is -2.33. The van der Waals surface area contributed by atoms with E-state index in [0.717, 1.165) is 0 Å². The zero-order chi connectivity index (χ0) is 12.2. The van der Waals surface area contributed by atoms with Crippen molar-refractivity contribution in [2.45, 2.75) is 19.4 Å². The Hall–Kier alpha value is -2.10. The van der Waals surface area contributed by atoms with Crippen LogP contribution in [0, 0.1) is 0 Å². The number of hydrogen-bond acceptors (Lipinski definition) is 3. The highest BCUT2D eigenvalue weighted by Crippen LogP contribution is 2.35. The van der Waals surface area contributed by atoms with Gasteiger partial charge in [-0.15, -0.1) is 0 Å². The van der Waals surface area contributed by atoms with E-state index in [1.54, 1.807) is 16.7 Å². The largest absolute Gasteiger partial charge is 0.428 e. The number of benzene rings is 1. The van der Waals surface area contributed by atoms with Crippen molar-refractivity contribution in [1.29, 1.82) is 0 Å². The molecule has 3 rings (SSSR count). The predicted molar refractivity (Wildman–Crippen MR) is 65.1 cm³/mol. The van der Waals surface area contributed by atoms with E-state index in [0.29, 0.717) is 22.7 Å². The molecule has 17 heavy (non-hydrogen) atoms. The molecule has 1 aliphatic rings. The van der Waals surface area contributed by atoms with Crippen LogP contribution in [0.2, 0.25) is 0 Å². The van der Waals surface area contributed by atoms with Gasteiger partial charge < -0.3 is 4.74 Å². The Morgan fingerprint density at radius 3 is 2.82 bits per heavy atom. The first kappa shape index (κ1) is 10.1. The lowest BCUT2D eigenvalue weighted by molar-refractivity contribution is 0.371. The molecule has 86 valence electrons. The fraction of sp³-hybridized carbons (Fsp3) is 0.231. The summed E-state index contributed by atoms with van der Waals surface area (Å²) in [5.74, 6) is 0.539. The van der Waals surface area contributed by atoms with Gasteiger partial charge in [0.25, 0.3) is 5.56 Å². The summed E-state index contributed by atoms with van der Waals surface area (Å²) in [6.07, 6.45) is 0. The monoisotopic (exact) mass is 228 g/mol. The zero-order valence-electron chi connectivity index (χ0n) is 9.73. The summed E-state index contributed by atoms with van der Waals surface area (Å²) >= 11 is 0. The van der Waals surface area contributed by atoms with Crippen LogP contribution in [-0.4, -0.2) is 9.55 Å². The third-order valence-corrected chi connectivity index (χ3v) is 3.20. The van der Waals surface area contributed by atoms with E-state index in [4.69, 9.17) is 4.74 Å². The summed E-state index contributed by atoms with van der Waals surface area (Å²) in [5.41, 5.74) is 0.00666. The van der Waals surface area contributed by atoms with Crippen LogP contribution in [0.1, 0.15) is 13.8 Å². The fourth-order valence-electron chi connectivity index (χ4n) is 2.03. The van der Waals surface area contributed by atoms with Crippen LogP contribution < -0.4 is 10.3 Å². The smallest absolute Gasteiger partial charge is 0.305 e. The second-order valence-electron chi connectivity index (χ2n) is 4.64. The van der Waals surface area contributed by atoms with Crippen LogP contribution in [0.5, 0.6) is 6.01 Å². The van der Waals surface area contributed by atoms with Crippen molar-refractivity contribution in [1.82, 2.24) is 9.55 Å². The number of fused-ring (bicyclic) bond motifs is 2. The number of aromatic nitrogens is 2. The van der Waals surface area contributed by atoms with E-state index in [-0.39, 0.29) is 5.56 Å². The first-order valence-corrected chi connectivity index (χ1v) is 5.41. The van der Waals surface area contributed by atoms with Crippen molar-refractivity contribution >= 4 is 10.9 Å². The van der Waals surface area contributed by atoms with Crippen LogP contribution in [0.4, 0.5) is 0 Å². The van der Waals surface area contributed by atoms with E-state index < -0.39 is 5.54 Å². The topological polar surface area (TPSA) is 44.1 Å². The van der Waals surface area contributed by atoms with Gasteiger partial charge in [0, 0.05) is 0 Å². The normalized spacial score (nSPS) is 16.9. The Balaban J connectivity index is 2.48. The maximum atomic E-state index is 12.4. The van der Waals surface area contributed by atoms with Gasteiger partial charge in [0.05, 0.1) is 10.9 Å². The van der Waals surface area contributed by atoms with Gasteiger partial charge in [-0.1, -0.05) is 18.7 Å². The Kier molecular flexibility index (Phi) is 1.76. The molecule has 0 spiro atoms. The molecule has 0 N–H and O–H groups in total. The number of hydrogen-bond donors (Lipinski definition) is 0. The third-order valence-electron chi connectivity index (χ3n) is 3.20. The SMILES string of the molecule is C=C1Oc2nc3ccccc3c(=O)n2C1(C)C. The average Bonchev–Trinajstić information content (AvgIpc) is 2.50. The van der Waals surface area contributed by atoms with Crippen molar-refractivity contribution in [3.8, 4) is 6.01 Å². The molecule has 1 aliphatic heterocycles. The Morgan fingerprint density at radius 1 is 1.35 bits per heavy atom. The molecule has 4 heteroatoms. The third kappa shape index (κ3) is 1.18. The lowest BCUT2D eigenvalue weighted by Gasteiger charge is -2.18. The van der Waals surface area contributed by atoms with Gasteiger partial charge in [-0.05, 0) is 26.0 Å². The molecular weight excluding hydrogens is 216 g/mol. The standard InChI is InChI=1S/C13H12N2O2/c1-8-13(2,3)15-11(16)9-6-4-5-7-10(9)14-12(15)17-8/h4-7H,1H2,2-3H3. The Bertz CT molecular complexity index is 698. The molecule has 0 aliphatic carbocycles. The number of para-hydroxylation sites is 1. The predicted octanol–water partition coefficient (Wildman–Crippen LogP) is 2.04. The molecule has 4 nitrogen and oxygen atoms in total.